The molecule has 1 amide bonds. The van der Waals surface area contributed by atoms with Crippen LogP contribution in [0.4, 0.5) is 5.69 Å². The molecule has 6 nitrogen and oxygen atoms in total. The zero-order valence-electron chi connectivity index (χ0n) is 16.1. The first kappa shape index (κ1) is 20.4. The smallest absolute Gasteiger partial charge is 0.340 e. The summed E-state index contributed by atoms with van der Waals surface area (Å²) < 4.78 is 10.5. The van der Waals surface area contributed by atoms with E-state index in [-0.39, 0.29) is 16.3 Å². The highest BCUT2D eigenvalue weighted by molar-refractivity contribution is 6.33. The maximum absolute atomic E-state index is 12.5. The van der Waals surface area contributed by atoms with E-state index in [4.69, 9.17) is 20.8 Å². The Kier molecular flexibility index (Phi) is 5.82. The Hall–Kier alpha value is -3.90. The van der Waals surface area contributed by atoms with Gasteiger partial charge < -0.3 is 14.5 Å². The third-order valence-corrected chi connectivity index (χ3v) is 4.94. The van der Waals surface area contributed by atoms with E-state index >= 15 is 0 Å². The van der Waals surface area contributed by atoms with Gasteiger partial charge in [0.1, 0.15) is 5.76 Å². The molecule has 0 bridgehead atoms. The number of carbonyl (C=O) groups excluding carboxylic acids is 3. The van der Waals surface area contributed by atoms with Gasteiger partial charge in [0.15, 0.2) is 18.7 Å². The van der Waals surface area contributed by atoms with Crippen molar-refractivity contribution in [3.05, 3.63) is 89.1 Å². The minimum absolute atomic E-state index is 0.0844. The van der Waals surface area contributed by atoms with Crippen LogP contribution < -0.4 is 5.32 Å². The van der Waals surface area contributed by atoms with Crippen LogP contribution in [-0.2, 0) is 9.53 Å². The van der Waals surface area contributed by atoms with Gasteiger partial charge in [0.25, 0.3) is 5.91 Å². The van der Waals surface area contributed by atoms with Crippen molar-refractivity contribution in [2.24, 2.45) is 0 Å². The Labute approximate surface area is 182 Å². The number of nitrogens with one attached hydrogen (secondary N) is 1. The minimum Gasteiger partial charge on any atom is -0.453 e. The van der Waals surface area contributed by atoms with E-state index in [1.165, 1.54) is 18.2 Å². The molecular formula is C24H16ClNO5. The van der Waals surface area contributed by atoms with E-state index in [0.29, 0.717) is 23.3 Å². The van der Waals surface area contributed by atoms with Gasteiger partial charge >= 0.3 is 5.97 Å². The van der Waals surface area contributed by atoms with Gasteiger partial charge in [0.05, 0.1) is 10.6 Å². The lowest BCUT2D eigenvalue weighted by Crippen LogP contribution is -2.21. The van der Waals surface area contributed by atoms with Crippen molar-refractivity contribution < 1.29 is 23.5 Å². The minimum atomic E-state index is -0.748. The summed E-state index contributed by atoms with van der Waals surface area (Å²) in [7, 11) is 0. The van der Waals surface area contributed by atoms with Crippen LogP contribution in [0.3, 0.4) is 0 Å². The molecule has 0 aliphatic heterocycles. The quantitative estimate of drug-likeness (QED) is 0.326. The lowest BCUT2D eigenvalue weighted by molar-refractivity contribution is -0.119. The molecule has 1 heterocycles. The van der Waals surface area contributed by atoms with E-state index in [9.17, 15) is 14.4 Å². The van der Waals surface area contributed by atoms with Crippen molar-refractivity contribution in [1.82, 2.24) is 0 Å². The predicted molar refractivity (Wildman–Crippen MR) is 117 cm³/mol. The number of benzene rings is 3. The van der Waals surface area contributed by atoms with Crippen molar-refractivity contribution >= 4 is 46.2 Å². The number of hydrogen-bond acceptors (Lipinski definition) is 5. The van der Waals surface area contributed by atoms with Crippen LogP contribution in [-0.4, -0.2) is 24.8 Å². The van der Waals surface area contributed by atoms with Crippen molar-refractivity contribution in [2.75, 3.05) is 11.9 Å². The molecule has 4 aromatic rings. The van der Waals surface area contributed by atoms with E-state index in [1.807, 2.05) is 36.4 Å². The first-order valence-electron chi connectivity index (χ1n) is 9.35. The molecule has 154 valence electrons. The highest BCUT2D eigenvalue weighted by Gasteiger charge is 2.17. The fourth-order valence-corrected chi connectivity index (χ4v) is 3.33. The Balaban J connectivity index is 1.45. The molecular weight excluding hydrogens is 418 g/mol. The predicted octanol–water partition coefficient (Wildman–Crippen LogP) is 5.36. The molecule has 31 heavy (non-hydrogen) atoms. The second kappa shape index (κ2) is 8.85. The lowest BCUT2D eigenvalue weighted by Gasteiger charge is -2.10. The second-order valence-electron chi connectivity index (χ2n) is 6.67. The van der Waals surface area contributed by atoms with Crippen LogP contribution in [0.2, 0.25) is 5.02 Å². The van der Waals surface area contributed by atoms with Crippen LogP contribution >= 0.6 is 11.6 Å². The number of carbonyl (C=O) groups is 3. The van der Waals surface area contributed by atoms with Gasteiger partial charge in [-0.25, -0.2) is 4.79 Å². The molecule has 0 saturated heterocycles. The molecule has 0 aliphatic carbocycles. The van der Waals surface area contributed by atoms with Gasteiger partial charge in [-0.05, 0) is 41.8 Å². The average molecular weight is 434 g/mol. The van der Waals surface area contributed by atoms with E-state index in [1.54, 1.807) is 18.2 Å². The molecule has 7 heteroatoms. The highest BCUT2D eigenvalue weighted by Crippen LogP contribution is 2.27. The van der Waals surface area contributed by atoms with Crippen molar-refractivity contribution in [2.45, 2.75) is 0 Å². The molecule has 0 aliphatic rings. The summed E-state index contributed by atoms with van der Waals surface area (Å²) in [4.78, 5) is 35.6. The third-order valence-electron chi connectivity index (χ3n) is 4.61. The zero-order chi connectivity index (χ0) is 21.8. The third kappa shape index (κ3) is 4.49. The molecule has 0 fully saturated rings. The molecule has 1 aromatic heterocycles. The lowest BCUT2D eigenvalue weighted by atomic mass is 10.1. The van der Waals surface area contributed by atoms with Gasteiger partial charge in [-0.3, -0.25) is 9.59 Å². The maximum Gasteiger partial charge on any atom is 0.340 e. The number of fused-ring (bicyclic) bond motifs is 1. The number of hydrogen-bond donors (Lipinski definition) is 1. The summed E-state index contributed by atoms with van der Waals surface area (Å²) in [5.41, 5.74) is 1.26. The van der Waals surface area contributed by atoms with Crippen molar-refractivity contribution in [3.8, 4) is 11.3 Å². The Morgan fingerprint density at radius 3 is 2.61 bits per heavy atom. The molecule has 3 aromatic carbocycles. The maximum atomic E-state index is 12.5. The fourth-order valence-electron chi connectivity index (χ4n) is 3.14. The summed E-state index contributed by atoms with van der Waals surface area (Å²) in [6.45, 7) is -0.474. The first-order valence-corrected chi connectivity index (χ1v) is 9.72. The number of amides is 1. The highest BCUT2D eigenvalue weighted by atomic mass is 35.5. The first-order chi connectivity index (χ1) is 15.0. The monoisotopic (exact) mass is 433 g/mol. The average Bonchev–Trinajstić information content (AvgIpc) is 3.27. The van der Waals surface area contributed by atoms with Gasteiger partial charge in [-0.2, -0.15) is 0 Å². The summed E-state index contributed by atoms with van der Waals surface area (Å²) in [6.07, 6.45) is 0.586. The summed E-state index contributed by atoms with van der Waals surface area (Å²) in [5, 5.41) is 4.79. The second-order valence-corrected chi connectivity index (χ2v) is 7.07. The van der Waals surface area contributed by atoms with Gasteiger partial charge in [0.2, 0.25) is 0 Å². The van der Waals surface area contributed by atoms with Crippen LogP contribution in [0.5, 0.6) is 0 Å². The number of aldehydes is 1. The van der Waals surface area contributed by atoms with E-state index in [0.717, 1.165) is 10.8 Å². The number of furan rings is 1. The largest absolute Gasteiger partial charge is 0.453 e. The number of anilines is 1. The van der Waals surface area contributed by atoms with Crippen molar-refractivity contribution in [1.29, 1.82) is 0 Å². The van der Waals surface area contributed by atoms with Gasteiger partial charge in [-0.1, -0.05) is 48.0 Å². The molecule has 1 N–H and O–H groups in total. The normalized spacial score (nSPS) is 10.6. The van der Waals surface area contributed by atoms with Crippen molar-refractivity contribution in [3.63, 3.8) is 0 Å². The van der Waals surface area contributed by atoms with E-state index in [2.05, 4.69) is 5.32 Å². The molecule has 4 rings (SSSR count). The summed E-state index contributed by atoms with van der Waals surface area (Å²) in [6, 6.07) is 21.0. The standard InChI is InChI=1S/C24H16ClNO5/c25-20-10-8-16(22-11-9-17(13-27)31-22)12-19(20)24(29)30-14-23(28)26-21-7-3-5-15-4-1-2-6-18(15)21/h1-13H,14H2,(H,26,28). The van der Waals surface area contributed by atoms with E-state index < -0.39 is 18.5 Å². The molecule has 0 saturated carbocycles. The van der Waals surface area contributed by atoms with Crippen LogP contribution in [0, 0.1) is 0 Å². The SMILES string of the molecule is O=Cc1ccc(-c2ccc(Cl)c(C(=O)OCC(=O)Nc3cccc4ccccc34)c2)o1. The molecule has 0 spiro atoms. The molecule has 0 unspecified atom stereocenters. The Morgan fingerprint density at radius 1 is 1.00 bits per heavy atom. The summed E-state index contributed by atoms with van der Waals surface area (Å²) >= 11 is 6.13. The van der Waals surface area contributed by atoms with Gasteiger partial charge in [-0.15, -0.1) is 0 Å². The number of rotatable bonds is 6. The Bertz CT molecular complexity index is 1290. The summed E-state index contributed by atoms with van der Waals surface area (Å²) in [5.74, 6) is -0.651. The fraction of sp³-hybridized carbons (Fsp3) is 0.0417. The Morgan fingerprint density at radius 2 is 1.81 bits per heavy atom. The van der Waals surface area contributed by atoms with Crippen LogP contribution in [0.15, 0.2) is 77.2 Å². The zero-order valence-corrected chi connectivity index (χ0v) is 16.9. The number of esters is 1. The van der Waals surface area contributed by atoms with Crippen LogP contribution in [0.1, 0.15) is 20.9 Å². The number of halogens is 1. The topological polar surface area (TPSA) is 85.6 Å². The molecule has 0 atom stereocenters. The molecule has 0 radical (unpaired) electrons. The number of ether oxygens (including phenoxy) is 1. The van der Waals surface area contributed by atoms with Gasteiger partial charge in [0, 0.05) is 16.6 Å². The van der Waals surface area contributed by atoms with Crippen LogP contribution in [0.25, 0.3) is 22.1 Å².